The van der Waals surface area contributed by atoms with Crippen molar-refractivity contribution in [2.45, 2.75) is 31.7 Å². The number of amides is 1. The van der Waals surface area contributed by atoms with Gasteiger partial charge in [0, 0.05) is 17.6 Å². The third-order valence-electron chi connectivity index (χ3n) is 6.63. The molecule has 2 aliphatic rings. The molecule has 3 aromatic rings. The van der Waals surface area contributed by atoms with Crippen LogP contribution in [0.3, 0.4) is 0 Å². The molecular formula is C29H31ClN2O3. The van der Waals surface area contributed by atoms with Crippen LogP contribution in [0.15, 0.2) is 66.7 Å². The van der Waals surface area contributed by atoms with E-state index in [1.807, 2.05) is 48.5 Å². The summed E-state index contributed by atoms with van der Waals surface area (Å²) in [5.74, 6) is 1.63. The molecule has 0 spiro atoms. The highest BCUT2D eigenvalue weighted by Gasteiger charge is 2.21. The number of carbonyl (C=O) groups excluding carboxylic acids is 1. The van der Waals surface area contributed by atoms with Crippen LogP contribution in [0.1, 0.15) is 24.0 Å². The molecule has 1 unspecified atom stereocenters. The van der Waals surface area contributed by atoms with Gasteiger partial charge in [0.1, 0.15) is 13.2 Å². The van der Waals surface area contributed by atoms with Gasteiger partial charge >= 0.3 is 0 Å². The average Bonchev–Trinajstić information content (AvgIpc) is 3.38. The molecule has 5 nitrogen and oxygen atoms in total. The molecule has 0 bridgehead atoms. The normalized spacial score (nSPS) is 16.1. The van der Waals surface area contributed by atoms with Gasteiger partial charge in [-0.1, -0.05) is 54.1 Å². The lowest BCUT2D eigenvalue weighted by Gasteiger charge is -2.25. The number of ether oxygens (including phenoxy) is 2. The Morgan fingerprint density at radius 3 is 2.20 bits per heavy atom. The third-order valence-corrected chi connectivity index (χ3v) is 6.88. The predicted molar refractivity (Wildman–Crippen MR) is 139 cm³/mol. The van der Waals surface area contributed by atoms with Gasteiger partial charge < -0.3 is 19.7 Å². The first-order chi connectivity index (χ1) is 17.1. The number of nitrogens with one attached hydrogen (secondary N) is 1. The fourth-order valence-corrected chi connectivity index (χ4v) is 4.98. The topological polar surface area (TPSA) is 50.8 Å². The van der Waals surface area contributed by atoms with Gasteiger partial charge in [-0.25, -0.2) is 0 Å². The zero-order chi connectivity index (χ0) is 24.0. The third kappa shape index (κ3) is 6.36. The van der Waals surface area contributed by atoms with E-state index < -0.39 is 0 Å². The maximum atomic E-state index is 13.0. The van der Waals surface area contributed by atoms with Gasteiger partial charge in [0.15, 0.2) is 11.5 Å². The van der Waals surface area contributed by atoms with Crippen LogP contribution in [0.4, 0.5) is 0 Å². The second-order valence-electron chi connectivity index (χ2n) is 9.33. The maximum Gasteiger partial charge on any atom is 0.224 e. The summed E-state index contributed by atoms with van der Waals surface area (Å²) in [5, 5.41) is 4.03. The number of likely N-dealkylation sites (tertiary alicyclic amines) is 1. The van der Waals surface area contributed by atoms with Gasteiger partial charge in [0.2, 0.25) is 5.91 Å². The van der Waals surface area contributed by atoms with Crippen LogP contribution < -0.4 is 14.8 Å². The molecular weight excluding hydrogens is 460 g/mol. The van der Waals surface area contributed by atoms with Gasteiger partial charge in [-0.15, -0.1) is 0 Å². The smallest absolute Gasteiger partial charge is 0.224 e. The van der Waals surface area contributed by atoms with Crippen molar-refractivity contribution in [2.24, 2.45) is 0 Å². The summed E-state index contributed by atoms with van der Waals surface area (Å²) in [6.45, 7) is 4.21. The molecule has 5 rings (SSSR count). The highest BCUT2D eigenvalue weighted by Crippen LogP contribution is 2.31. The Kier molecular flexibility index (Phi) is 7.55. The van der Waals surface area contributed by atoms with Crippen LogP contribution >= 0.6 is 11.6 Å². The number of carbonyl (C=O) groups is 1. The number of fused-ring (bicyclic) bond motifs is 1. The van der Waals surface area contributed by atoms with Crippen LogP contribution in [0, 0.1) is 0 Å². The molecule has 1 fully saturated rings. The van der Waals surface area contributed by atoms with E-state index in [-0.39, 0.29) is 11.9 Å². The summed E-state index contributed by atoms with van der Waals surface area (Å²) >= 11 is 6.00. The molecule has 6 heteroatoms. The molecule has 0 aliphatic carbocycles. The lowest BCUT2D eigenvalue weighted by atomic mass is 10.0. The monoisotopic (exact) mass is 490 g/mol. The molecule has 1 atom stereocenters. The van der Waals surface area contributed by atoms with Gasteiger partial charge in [-0.3, -0.25) is 4.79 Å². The molecule has 35 heavy (non-hydrogen) atoms. The van der Waals surface area contributed by atoms with Crippen molar-refractivity contribution in [3.8, 4) is 22.6 Å². The van der Waals surface area contributed by atoms with Crippen molar-refractivity contribution in [1.82, 2.24) is 10.2 Å². The van der Waals surface area contributed by atoms with E-state index in [4.69, 9.17) is 21.1 Å². The zero-order valence-electron chi connectivity index (χ0n) is 19.8. The van der Waals surface area contributed by atoms with E-state index in [0.29, 0.717) is 19.6 Å². The zero-order valence-corrected chi connectivity index (χ0v) is 20.6. The molecule has 0 saturated carbocycles. The Balaban J connectivity index is 1.23. The fraction of sp³-hybridized carbons (Fsp3) is 0.345. The molecule has 3 aromatic carbocycles. The van der Waals surface area contributed by atoms with E-state index >= 15 is 0 Å². The summed E-state index contributed by atoms with van der Waals surface area (Å²) in [4.78, 5) is 15.5. The van der Waals surface area contributed by atoms with Gasteiger partial charge in [0.05, 0.1) is 6.42 Å². The summed E-state index contributed by atoms with van der Waals surface area (Å²) in [5.41, 5.74) is 4.36. The molecule has 1 N–H and O–H groups in total. The Bertz CT molecular complexity index is 1140. The summed E-state index contributed by atoms with van der Waals surface area (Å²) in [6, 6.07) is 22.1. The molecule has 0 radical (unpaired) electrons. The van der Waals surface area contributed by atoms with Crippen molar-refractivity contribution in [1.29, 1.82) is 0 Å². The minimum atomic E-state index is 0.0384. The van der Waals surface area contributed by atoms with Crippen LogP contribution in [-0.4, -0.2) is 49.7 Å². The summed E-state index contributed by atoms with van der Waals surface area (Å²) in [7, 11) is 0. The summed E-state index contributed by atoms with van der Waals surface area (Å²) in [6.07, 6.45) is 3.57. The molecule has 0 aromatic heterocycles. The van der Waals surface area contributed by atoms with Crippen molar-refractivity contribution in [3.05, 3.63) is 82.9 Å². The lowest BCUT2D eigenvalue weighted by molar-refractivity contribution is -0.121. The summed E-state index contributed by atoms with van der Waals surface area (Å²) < 4.78 is 11.4. The predicted octanol–water partition coefficient (Wildman–Crippen LogP) is 5.14. The number of benzene rings is 3. The second kappa shape index (κ2) is 11.1. The van der Waals surface area contributed by atoms with Crippen LogP contribution in [-0.2, 0) is 17.6 Å². The van der Waals surface area contributed by atoms with Gasteiger partial charge in [-0.2, -0.15) is 0 Å². The second-order valence-corrected chi connectivity index (χ2v) is 9.77. The number of nitrogens with zero attached hydrogens (tertiary/aromatic N) is 1. The molecule has 2 heterocycles. The highest BCUT2D eigenvalue weighted by molar-refractivity contribution is 6.30. The fourth-order valence-electron chi connectivity index (χ4n) is 4.86. The Morgan fingerprint density at radius 1 is 0.857 bits per heavy atom. The number of hydrogen-bond acceptors (Lipinski definition) is 4. The van der Waals surface area contributed by atoms with Crippen LogP contribution in [0.25, 0.3) is 11.1 Å². The molecule has 1 amide bonds. The van der Waals surface area contributed by atoms with Crippen molar-refractivity contribution < 1.29 is 14.3 Å². The van der Waals surface area contributed by atoms with Crippen molar-refractivity contribution >= 4 is 17.5 Å². The average molecular weight is 491 g/mol. The standard InChI is InChI=1S/C29H31ClN2O3/c30-25-10-8-24(9-11-25)23-6-3-21(4-7-23)19-29(33)31-26(20-32-13-1-2-14-32)17-22-5-12-27-28(18-22)35-16-15-34-27/h3-12,18,26H,1-2,13-17,19-20H2,(H,31,33). The number of halogens is 1. The van der Waals surface area contributed by atoms with E-state index in [2.05, 4.69) is 28.4 Å². The minimum Gasteiger partial charge on any atom is -0.486 e. The molecule has 2 aliphatic heterocycles. The SMILES string of the molecule is O=C(Cc1ccc(-c2ccc(Cl)cc2)cc1)NC(Cc1ccc2c(c1)OCCO2)CN1CCCC1. The first-order valence-corrected chi connectivity index (χ1v) is 12.8. The maximum absolute atomic E-state index is 13.0. The van der Waals surface area contributed by atoms with E-state index in [9.17, 15) is 4.79 Å². The minimum absolute atomic E-state index is 0.0384. The Hall–Kier alpha value is -3.02. The molecule has 1 saturated heterocycles. The highest BCUT2D eigenvalue weighted by atomic mass is 35.5. The Morgan fingerprint density at radius 2 is 1.49 bits per heavy atom. The lowest BCUT2D eigenvalue weighted by Crippen LogP contribution is -2.45. The van der Waals surface area contributed by atoms with E-state index in [0.717, 1.165) is 64.8 Å². The number of hydrogen-bond donors (Lipinski definition) is 1. The van der Waals surface area contributed by atoms with Gasteiger partial charge in [-0.05, 0) is 78.9 Å². The van der Waals surface area contributed by atoms with Gasteiger partial charge in [0.25, 0.3) is 0 Å². The Labute approximate surface area is 212 Å². The first-order valence-electron chi connectivity index (χ1n) is 12.4. The van der Waals surface area contributed by atoms with Crippen molar-refractivity contribution in [2.75, 3.05) is 32.8 Å². The molecule has 182 valence electrons. The number of rotatable bonds is 8. The van der Waals surface area contributed by atoms with Crippen LogP contribution in [0.5, 0.6) is 11.5 Å². The quantitative estimate of drug-likeness (QED) is 0.475. The van der Waals surface area contributed by atoms with Crippen molar-refractivity contribution in [3.63, 3.8) is 0 Å². The van der Waals surface area contributed by atoms with Crippen LogP contribution in [0.2, 0.25) is 5.02 Å². The van der Waals surface area contributed by atoms with E-state index in [1.54, 1.807) is 0 Å². The van der Waals surface area contributed by atoms with E-state index in [1.165, 1.54) is 12.8 Å². The largest absolute Gasteiger partial charge is 0.486 e. The first kappa shape index (κ1) is 23.7.